The minimum absolute atomic E-state index is 0.887. The van der Waals surface area contributed by atoms with E-state index in [1.165, 1.54) is 62.6 Å². The van der Waals surface area contributed by atoms with Gasteiger partial charge < -0.3 is 10.1 Å². The average Bonchev–Trinajstić information content (AvgIpc) is 2.46. The minimum Gasteiger partial charge on any atom is -0.493 e. The van der Waals surface area contributed by atoms with Gasteiger partial charge in [0.05, 0.1) is 6.61 Å². The molecule has 0 fully saturated rings. The quantitative estimate of drug-likeness (QED) is 0.720. The fraction of sp³-hybridized carbons (Fsp3) is 0.647. The first-order valence-corrected chi connectivity index (χ1v) is 7.85. The summed E-state index contributed by atoms with van der Waals surface area (Å²) in [5.41, 5.74) is 2.90. The van der Waals surface area contributed by atoms with Gasteiger partial charge in [0, 0.05) is 0 Å². The van der Waals surface area contributed by atoms with Crippen LogP contribution in [0.1, 0.15) is 50.2 Å². The SMILES string of the molecule is CCNCCCCCCc1ccc2c(c1)CCCO2. The number of benzene rings is 1. The zero-order valence-corrected chi connectivity index (χ0v) is 12.2. The monoisotopic (exact) mass is 261 g/mol. The lowest BCUT2D eigenvalue weighted by molar-refractivity contribution is 0.288. The number of fused-ring (bicyclic) bond motifs is 1. The second-order valence-corrected chi connectivity index (χ2v) is 5.41. The molecule has 0 bridgehead atoms. The largest absolute Gasteiger partial charge is 0.493 e. The van der Waals surface area contributed by atoms with Crippen molar-refractivity contribution < 1.29 is 4.74 Å². The molecule has 106 valence electrons. The van der Waals surface area contributed by atoms with Crippen molar-refractivity contribution in [2.24, 2.45) is 0 Å². The van der Waals surface area contributed by atoms with Gasteiger partial charge in [-0.3, -0.25) is 0 Å². The molecule has 1 aromatic rings. The van der Waals surface area contributed by atoms with Gasteiger partial charge in [-0.25, -0.2) is 0 Å². The number of nitrogens with one attached hydrogen (secondary N) is 1. The number of aryl methyl sites for hydroxylation is 2. The molecule has 0 radical (unpaired) electrons. The minimum atomic E-state index is 0.887. The van der Waals surface area contributed by atoms with Crippen molar-refractivity contribution in [3.05, 3.63) is 29.3 Å². The molecule has 2 heteroatoms. The van der Waals surface area contributed by atoms with Crippen molar-refractivity contribution in [3.8, 4) is 5.75 Å². The molecule has 1 heterocycles. The van der Waals surface area contributed by atoms with Crippen LogP contribution < -0.4 is 10.1 Å². The highest BCUT2D eigenvalue weighted by atomic mass is 16.5. The Hall–Kier alpha value is -1.02. The first-order valence-electron chi connectivity index (χ1n) is 7.85. The molecular formula is C17H27NO. The summed E-state index contributed by atoms with van der Waals surface area (Å²) in [6, 6.07) is 6.75. The molecule has 1 aliphatic rings. The zero-order valence-electron chi connectivity index (χ0n) is 12.2. The highest BCUT2D eigenvalue weighted by Crippen LogP contribution is 2.26. The van der Waals surface area contributed by atoms with Crippen molar-refractivity contribution in [3.63, 3.8) is 0 Å². The van der Waals surface area contributed by atoms with Crippen LogP contribution in [-0.4, -0.2) is 19.7 Å². The second-order valence-electron chi connectivity index (χ2n) is 5.41. The average molecular weight is 261 g/mol. The van der Waals surface area contributed by atoms with Gasteiger partial charge in [-0.05, 0) is 62.4 Å². The van der Waals surface area contributed by atoms with Gasteiger partial charge in [0.2, 0.25) is 0 Å². The van der Waals surface area contributed by atoms with Crippen molar-refractivity contribution in [1.82, 2.24) is 5.32 Å². The Labute approximate surface area is 117 Å². The molecule has 1 aliphatic heterocycles. The summed E-state index contributed by atoms with van der Waals surface area (Å²) in [6.45, 7) is 5.32. The predicted molar refractivity (Wildman–Crippen MR) is 81.0 cm³/mol. The van der Waals surface area contributed by atoms with Crippen LogP contribution in [0, 0.1) is 0 Å². The number of hydrogen-bond donors (Lipinski definition) is 1. The molecule has 0 amide bonds. The van der Waals surface area contributed by atoms with Crippen LogP contribution in [0.4, 0.5) is 0 Å². The van der Waals surface area contributed by atoms with Gasteiger partial charge in [0.25, 0.3) is 0 Å². The number of ether oxygens (including phenoxy) is 1. The Morgan fingerprint density at radius 2 is 2.05 bits per heavy atom. The van der Waals surface area contributed by atoms with Crippen molar-refractivity contribution in [1.29, 1.82) is 0 Å². The smallest absolute Gasteiger partial charge is 0.122 e. The highest BCUT2D eigenvalue weighted by molar-refractivity contribution is 5.38. The Morgan fingerprint density at radius 1 is 1.16 bits per heavy atom. The first-order chi connectivity index (χ1) is 9.40. The van der Waals surface area contributed by atoms with Crippen LogP contribution in [0.15, 0.2) is 18.2 Å². The van der Waals surface area contributed by atoms with Gasteiger partial charge >= 0.3 is 0 Å². The van der Waals surface area contributed by atoms with E-state index in [0.29, 0.717) is 0 Å². The molecule has 0 atom stereocenters. The van der Waals surface area contributed by atoms with Crippen molar-refractivity contribution >= 4 is 0 Å². The van der Waals surface area contributed by atoms with E-state index in [-0.39, 0.29) is 0 Å². The van der Waals surface area contributed by atoms with E-state index in [9.17, 15) is 0 Å². The van der Waals surface area contributed by atoms with E-state index in [0.717, 1.165) is 18.9 Å². The molecule has 0 spiro atoms. The molecule has 1 N–H and O–H groups in total. The lowest BCUT2D eigenvalue weighted by Crippen LogP contribution is -2.13. The summed E-state index contributed by atoms with van der Waals surface area (Å²) >= 11 is 0. The van der Waals surface area contributed by atoms with Crippen molar-refractivity contribution in [2.45, 2.75) is 51.9 Å². The molecule has 0 saturated heterocycles. The lowest BCUT2D eigenvalue weighted by Gasteiger charge is -2.17. The van der Waals surface area contributed by atoms with Gasteiger partial charge in [0.15, 0.2) is 0 Å². The summed E-state index contributed by atoms with van der Waals surface area (Å²) in [5.74, 6) is 1.11. The summed E-state index contributed by atoms with van der Waals surface area (Å²) < 4.78 is 5.65. The third kappa shape index (κ3) is 4.87. The van der Waals surface area contributed by atoms with Crippen LogP contribution in [0.2, 0.25) is 0 Å². The summed E-state index contributed by atoms with van der Waals surface area (Å²) in [6.07, 6.45) is 8.89. The van der Waals surface area contributed by atoms with Gasteiger partial charge in [-0.2, -0.15) is 0 Å². The van der Waals surface area contributed by atoms with E-state index in [2.05, 4.69) is 30.4 Å². The van der Waals surface area contributed by atoms with Gasteiger partial charge in [-0.15, -0.1) is 0 Å². The molecule has 0 aromatic heterocycles. The van der Waals surface area contributed by atoms with Crippen LogP contribution >= 0.6 is 0 Å². The highest BCUT2D eigenvalue weighted by Gasteiger charge is 2.10. The fourth-order valence-electron chi connectivity index (χ4n) is 2.68. The van der Waals surface area contributed by atoms with Gasteiger partial charge in [0.1, 0.15) is 5.75 Å². The molecule has 2 nitrogen and oxygen atoms in total. The second kappa shape index (κ2) is 8.21. The van der Waals surface area contributed by atoms with E-state index in [4.69, 9.17) is 4.74 Å². The Kier molecular flexibility index (Phi) is 6.22. The molecule has 19 heavy (non-hydrogen) atoms. The number of hydrogen-bond acceptors (Lipinski definition) is 2. The summed E-state index contributed by atoms with van der Waals surface area (Å²) in [5, 5.41) is 3.38. The van der Waals surface area contributed by atoms with Gasteiger partial charge in [-0.1, -0.05) is 31.9 Å². The Bertz CT molecular complexity index is 376. The standard InChI is InChI=1S/C17H27NO/c1-2-18-12-6-4-3-5-8-15-10-11-17-16(14-15)9-7-13-19-17/h10-11,14,18H,2-9,12-13H2,1H3. The topological polar surface area (TPSA) is 21.3 Å². The first kappa shape index (κ1) is 14.4. The molecule has 2 rings (SSSR count). The van der Waals surface area contributed by atoms with E-state index >= 15 is 0 Å². The summed E-state index contributed by atoms with van der Waals surface area (Å²) in [7, 11) is 0. The normalized spacial score (nSPS) is 13.9. The maximum Gasteiger partial charge on any atom is 0.122 e. The summed E-state index contributed by atoms with van der Waals surface area (Å²) in [4.78, 5) is 0. The third-order valence-electron chi connectivity index (χ3n) is 3.79. The molecular weight excluding hydrogens is 234 g/mol. The molecule has 0 unspecified atom stereocenters. The predicted octanol–water partition coefficient (Wildman–Crippen LogP) is 3.72. The fourth-order valence-corrected chi connectivity index (χ4v) is 2.68. The third-order valence-corrected chi connectivity index (χ3v) is 3.79. The maximum atomic E-state index is 5.65. The lowest BCUT2D eigenvalue weighted by atomic mass is 10.00. The maximum absolute atomic E-state index is 5.65. The van der Waals surface area contributed by atoms with E-state index < -0.39 is 0 Å². The van der Waals surface area contributed by atoms with Crippen LogP contribution in [-0.2, 0) is 12.8 Å². The van der Waals surface area contributed by atoms with Crippen LogP contribution in [0.25, 0.3) is 0 Å². The Balaban J connectivity index is 1.66. The zero-order chi connectivity index (χ0) is 13.3. The van der Waals surface area contributed by atoms with E-state index in [1.807, 2.05) is 0 Å². The van der Waals surface area contributed by atoms with E-state index in [1.54, 1.807) is 0 Å². The van der Waals surface area contributed by atoms with Crippen LogP contribution in [0.5, 0.6) is 5.75 Å². The molecule has 0 saturated carbocycles. The number of rotatable bonds is 8. The van der Waals surface area contributed by atoms with Crippen molar-refractivity contribution in [2.75, 3.05) is 19.7 Å². The Morgan fingerprint density at radius 3 is 2.95 bits per heavy atom. The molecule has 1 aromatic carbocycles. The molecule has 0 aliphatic carbocycles. The van der Waals surface area contributed by atoms with Crippen LogP contribution in [0.3, 0.4) is 0 Å². The number of unbranched alkanes of at least 4 members (excludes halogenated alkanes) is 3.